The summed E-state index contributed by atoms with van der Waals surface area (Å²) in [5, 5.41) is 3.69. The van der Waals surface area contributed by atoms with Gasteiger partial charge in [0.2, 0.25) is 0 Å². The fraction of sp³-hybridized carbons (Fsp3) is 1.00. The average molecular weight is 226 g/mol. The number of rotatable bonds is 5. The highest BCUT2D eigenvalue weighted by Crippen LogP contribution is 2.34. The van der Waals surface area contributed by atoms with Crippen LogP contribution in [0, 0.1) is 11.8 Å². The Morgan fingerprint density at radius 2 is 2.19 bits per heavy atom. The second kappa shape index (κ2) is 5.48. The lowest BCUT2D eigenvalue weighted by Gasteiger charge is -2.40. The number of piperazine rings is 1. The Kier molecular flexibility index (Phi) is 4.22. The van der Waals surface area contributed by atoms with Crippen LogP contribution in [0.4, 0.5) is 0 Å². The van der Waals surface area contributed by atoms with Gasteiger partial charge in [0.1, 0.15) is 0 Å². The quantitative estimate of drug-likeness (QED) is 0.765. The molecule has 0 bridgehead atoms. The predicted octanol–water partition coefficient (Wildman–Crippen LogP) is 1.34. The van der Waals surface area contributed by atoms with Crippen molar-refractivity contribution in [2.45, 2.75) is 38.8 Å². The minimum absolute atomic E-state index is 0.644. The Hall–Kier alpha value is -0.120. The molecule has 0 aromatic heterocycles. The predicted molar refractivity (Wildman–Crippen MR) is 66.6 cm³/mol. The number of nitrogens with one attached hydrogen (secondary N) is 1. The van der Waals surface area contributed by atoms with Crippen LogP contribution in [0.2, 0.25) is 0 Å². The van der Waals surface area contributed by atoms with E-state index in [1.165, 1.54) is 25.9 Å². The summed E-state index contributed by atoms with van der Waals surface area (Å²) >= 11 is 0. The lowest BCUT2D eigenvalue weighted by atomic mass is 10.0. The van der Waals surface area contributed by atoms with Crippen LogP contribution in [-0.4, -0.2) is 50.3 Å². The Bertz CT molecular complexity index is 218. The first kappa shape index (κ1) is 12.3. The zero-order chi connectivity index (χ0) is 11.5. The van der Waals surface area contributed by atoms with Crippen molar-refractivity contribution in [3.05, 3.63) is 0 Å². The van der Waals surface area contributed by atoms with Crippen LogP contribution in [-0.2, 0) is 4.74 Å². The van der Waals surface area contributed by atoms with Crippen molar-refractivity contribution in [3.8, 4) is 0 Å². The average Bonchev–Trinajstić information content (AvgIpc) is 3.05. The molecule has 1 aliphatic carbocycles. The molecule has 3 nitrogen and oxygen atoms in total. The zero-order valence-electron chi connectivity index (χ0n) is 10.9. The topological polar surface area (TPSA) is 24.5 Å². The largest absolute Gasteiger partial charge is 0.384 e. The summed E-state index contributed by atoms with van der Waals surface area (Å²) in [6.07, 6.45) is 2.88. The molecule has 0 radical (unpaired) electrons. The summed E-state index contributed by atoms with van der Waals surface area (Å²) in [5.74, 6) is 1.61. The van der Waals surface area contributed by atoms with Crippen molar-refractivity contribution in [1.82, 2.24) is 10.2 Å². The van der Waals surface area contributed by atoms with Gasteiger partial charge in [-0.1, -0.05) is 6.92 Å². The number of ether oxygens (including phenoxy) is 1. The third-order valence-corrected chi connectivity index (χ3v) is 3.92. The van der Waals surface area contributed by atoms with E-state index in [1.807, 2.05) is 0 Å². The number of hydrogen-bond acceptors (Lipinski definition) is 3. The van der Waals surface area contributed by atoms with Gasteiger partial charge in [-0.25, -0.2) is 0 Å². The van der Waals surface area contributed by atoms with E-state index in [-0.39, 0.29) is 0 Å². The van der Waals surface area contributed by atoms with Crippen molar-refractivity contribution in [3.63, 3.8) is 0 Å². The first-order valence-corrected chi connectivity index (χ1v) is 6.67. The van der Waals surface area contributed by atoms with Gasteiger partial charge >= 0.3 is 0 Å². The van der Waals surface area contributed by atoms with Crippen LogP contribution in [0.15, 0.2) is 0 Å². The van der Waals surface area contributed by atoms with Gasteiger partial charge in [-0.2, -0.15) is 0 Å². The minimum Gasteiger partial charge on any atom is -0.384 e. The molecule has 94 valence electrons. The second-order valence-electron chi connectivity index (χ2n) is 5.72. The molecule has 1 heterocycles. The maximum Gasteiger partial charge on any atom is 0.0500 e. The second-order valence-corrected chi connectivity index (χ2v) is 5.72. The highest BCUT2D eigenvalue weighted by atomic mass is 16.5. The van der Waals surface area contributed by atoms with Crippen molar-refractivity contribution in [1.29, 1.82) is 0 Å². The highest BCUT2D eigenvalue weighted by Gasteiger charge is 2.36. The fourth-order valence-corrected chi connectivity index (χ4v) is 2.75. The van der Waals surface area contributed by atoms with Crippen molar-refractivity contribution in [2.75, 3.05) is 33.4 Å². The molecule has 2 rings (SSSR count). The monoisotopic (exact) mass is 226 g/mol. The van der Waals surface area contributed by atoms with E-state index < -0.39 is 0 Å². The standard InChI is InChI=1S/C13H26N2O/c1-10(9-16-3)7-15-8-13(12-4-5-12)14-6-11(15)2/h10-14H,4-9H2,1-3H3. The van der Waals surface area contributed by atoms with Crippen molar-refractivity contribution < 1.29 is 4.74 Å². The van der Waals surface area contributed by atoms with Gasteiger partial charge in [-0.15, -0.1) is 0 Å². The van der Waals surface area contributed by atoms with E-state index in [0.29, 0.717) is 12.0 Å². The highest BCUT2D eigenvalue weighted by molar-refractivity contribution is 4.93. The number of nitrogens with zero attached hydrogens (tertiary/aromatic N) is 1. The Balaban J connectivity index is 1.80. The van der Waals surface area contributed by atoms with Gasteiger partial charge in [0.05, 0.1) is 0 Å². The van der Waals surface area contributed by atoms with Crippen molar-refractivity contribution >= 4 is 0 Å². The van der Waals surface area contributed by atoms with Crippen molar-refractivity contribution in [2.24, 2.45) is 11.8 Å². The molecular formula is C13H26N2O. The van der Waals surface area contributed by atoms with Crippen LogP contribution < -0.4 is 5.32 Å². The first-order valence-electron chi connectivity index (χ1n) is 6.67. The Morgan fingerprint density at radius 3 is 2.81 bits per heavy atom. The Labute approximate surface area is 99.5 Å². The summed E-state index contributed by atoms with van der Waals surface area (Å²) in [6, 6.07) is 1.43. The van der Waals surface area contributed by atoms with E-state index in [2.05, 4.69) is 24.1 Å². The lowest BCUT2D eigenvalue weighted by Crippen LogP contribution is -2.57. The number of methoxy groups -OCH3 is 1. The van der Waals surface area contributed by atoms with E-state index in [4.69, 9.17) is 4.74 Å². The van der Waals surface area contributed by atoms with E-state index in [9.17, 15) is 0 Å². The molecule has 2 aliphatic rings. The van der Waals surface area contributed by atoms with Crippen LogP contribution >= 0.6 is 0 Å². The molecule has 1 saturated carbocycles. The summed E-state index contributed by atoms with van der Waals surface area (Å²) < 4.78 is 5.22. The Morgan fingerprint density at radius 1 is 1.44 bits per heavy atom. The molecule has 0 spiro atoms. The van der Waals surface area contributed by atoms with E-state index in [1.54, 1.807) is 7.11 Å². The smallest absolute Gasteiger partial charge is 0.0500 e. The normalized spacial score (nSPS) is 33.9. The summed E-state index contributed by atoms with van der Waals surface area (Å²) in [5.41, 5.74) is 0. The molecule has 2 fully saturated rings. The molecular weight excluding hydrogens is 200 g/mol. The molecule has 3 unspecified atom stereocenters. The van der Waals surface area contributed by atoms with Gasteiger partial charge in [-0.05, 0) is 31.6 Å². The van der Waals surface area contributed by atoms with Gasteiger partial charge < -0.3 is 10.1 Å². The third-order valence-electron chi connectivity index (χ3n) is 3.92. The lowest BCUT2D eigenvalue weighted by molar-refractivity contribution is 0.0836. The van der Waals surface area contributed by atoms with E-state index in [0.717, 1.165) is 25.1 Å². The van der Waals surface area contributed by atoms with Gasteiger partial charge in [0, 0.05) is 45.4 Å². The molecule has 1 aliphatic heterocycles. The molecule has 3 atom stereocenters. The molecule has 3 heteroatoms. The molecule has 1 N–H and O–H groups in total. The molecule has 0 amide bonds. The van der Waals surface area contributed by atoms with Gasteiger partial charge in [0.25, 0.3) is 0 Å². The summed E-state index contributed by atoms with van der Waals surface area (Å²) in [7, 11) is 1.80. The maximum atomic E-state index is 5.22. The van der Waals surface area contributed by atoms with Gasteiger partial charge in [0.15, 0.2) is 0 Å². The molecule has 1 saturated heterocycles. The van der Waals surface area contributed by atoms with Gasteiger partial charge in [-0.3, -0.25) is 4.90 Å². The first-order chi connectivity index (χ1) is 7.70. The maximum absolute atomic E-state index is 5.22. The third kappa shape index (κ3) is 3.19. The summed E-state index contributed by atoms with van der Waals surface area (Å²) in [4.78, 5) is 2.64. The fourth-order valence-electron chi connectivity index (χ4n) is 2.75. The van der Waals surface area contributed by atoms with Crippen LogP contribution in [0.25, 0.3) is 0 Å². The molecule has 16 heavy (non-hydrogen) atoms. The van der Waals surface area contributed by atoms with Crippen LogP contribution in [0.5, 0.6) is 0 Å². The minimum atomic E-state index is 0.644. The SMILES string of the molecule is COCC(C)CN1CC(C2CC2)NCC1C. The zero-order valence-corrected chi connectivity index (χ0v) is 10.9. The molecule has 0 aromatic carbocycles. The van der Waals surface area contributed by atoms with Crippen LogP contribution in [0.1, 0.15) is 26.7 Å². The van der Waals surface area contributed by atoms with E-state index >= 15 is 0 Å². The molecule has 0 aromatic rings. The van der Waals surface area contributed by atoms with Crippen LogP contribution in [0.3, 0.4) is 0 Å². The number of hydrogen-bond donors (Lipinski definition) is 1. The summed E-state index contributed by atoms with van der Waals surface area (Å²) in [6.45, 7) is 9.06.